The number of nitrogens with two attached hydrogens (primary N) is 1. The zero-order valence-corrected chi connectivity index (χ0v) is 14.0. The number of ether oxygens (including phenoxy) is 1. The zero-order chi connectivity index (χ0) is 15.9. The molecule has 0 spiro atoms. The molecule has 4 N–H and O–H groups in total. The molecule has 6 nitrogen and oxygen atoms in total. The van der Waals surface area contributed by atoms with E-state index in [9.17, 15) is 9.59 Å². The van der Waals surface area contributed by atoms with Crippen LogP contribution in [0.5, 0.6) is 0 Å². The fraction of sp³-hybridized carbons (Fsp3) is 0.500. The summed E-state index contributed by atoms with van der Waals surface area (Å²) in [5.74, 6) is -0.236. The van der Waals surface area contributed by atoms with Gasteiger partial charge in [-0.25, -0.2) is 0 Å². The summed E-state index contributed by atoms with van der Waals surface area (Å²) in [5.41, 5.74) is 7.01. The third-order valence-corrected chi connectivity index (χ3v) is 3.66. The molecule has 0 radical (unpaired) electrons. The summed E-state index contributed by atoms with van der Waals surface area (Å²) in [7, 11) is 0. The highest BCUT2D eigenvalue weighted by atomic mass is 35.5. The van der Waals surface area contributed by atoms with Crippen molar-refractivity contribution in [1.82, 2.24) is 10.6 Å². The molecule has 23 heavy (non-hydrogen) atoms. The largest absolute Gasteiger partial charge is 0.364 e. The molecule has 1 aliphatic heterocycles. The van der Waals surface area contributed by atoms with Gasteiger partial charge in [-0.05, 0) is 37.5 Å². The number of carbonyl (C=O) groups excluding carboxylic acids is 2. The van der Waals surface area contributed by atoms with Gasteiger partial charge in [-0.3, -0.25) is 9.59 Å². The monoisotopic (exact) mass is 341 g/mol. The molecular formula is C16H24ClN3O3. The van der Waals surface area contributed by atoms with Gasteiger partial charge < -0.3 is 21.1 Å². The molecule has 0 aromatic heterocycles. The Morgan fingerprint density at radius 2 is 2.09 bits per heavy atom. The summed E-state index contributed by atoms with van der Waals surface area (Å²) in [6.07, 6.45) is 1.09. The smallest absolute Gasteiger partial charge is 0.251 e. The first-order valence-electron chi connectivity index (χ1n) is 7.64. The highest BCUT2D eigenvalue weighted by molar-refractivity contribution is 5.94. The summed E-state index contributed by atoms with van der Waals surface area (Å²) in [5, 5.41) is 5.60. The number of rotatable bonds is 6. The Balaban J connectivity index is 0.00000264. The minimum Gasteiger partial charge on any atom is -0.364 e. The molecular weight excluding hydrogens is 318 g/mol. The van der Waals surface area contributed by atoms with Gasteiger partial charge >= 0.3 is 0 Å². The van der Waals surface area contributed by atoms with E-state index in [1.807, 2.05) is 19.1 Å². The van der Waals surface area contributed by atoms with Crippen molar-refractivity contribution in [3.8, 4) is 0 Å². The van der Waals surface area contributed by atoms with Crippen molar-refractivity contribution in [2.45, 2.75) is 38.5 Å². The first-order valence-corrected chi connectivity index (χ1v) is 7.64. The molecule has 1 fully saturated rings. The quantitative estimate of drug-likeness (QED) is 0.719. The van der Waals surface area contributed by atoms with Crippen molar-refractivity contribution < 1.29 is 14.3 Å². The van der Waals surface area contributed by atoms with Gasteiger partial charge in [0.15, 0.2) is 0 Å². The van der Waals surface area contributed by atoms with Gasteiger partial charge in [-0.1, -0.05) is 12.1 Å². The van der Waals surface area contributed by atoms with Crippen LogP contribution in [0.1, 0.15) is 35.7 Å². The lowest BCUT2D eigenvalue weighted by atomic mass is 10.1. The second-order valence-corrected chi connectivity index (χ2v) is 5.34. The molecule has 1 aromatic carbocycles. The molecule has 2 rings (SSSR count). The number of hydrogen-bond acceptors (Lipinski definition) is 4. The molecule has 0 unspecified atom stereocenters. The predicted molar refractivity (Wildman–Crippen MR) is 90.5 cm³/mol. The van der Waals surface area contributed by atoms with Crippen LogP contribution in [0.25, 0.3) is 0 Å². The second-order valence-electron chi connectivity index (χ2n) is 5.34. The molecule has 2 atom stereocenters. The maximum atomic E-state index is 12.0. The lowest BCUT2D eigenvalue weighted by Crippen LogP contribution is -2.35. The van der Waals surface area contributed by atoms with Crippen molar-refractivity contribution in [1.29, 1.82) is 0 Å². The normalized spacial score (nSPS) is 19.7. The minimum absolute atomic E-state index is 0. The highest BCUT2D eigenvalue weighted by Crippen LogP contribution is 2.19. The van der Waals surface area contributed by atoms with E-state index >= 15 is 0 Å². The Hall–Kier alpha value is -1.63. The number of benzene rings is 1. The number of nitrogens with one attached hydrogen (secondary N) is 2. The van der Waals surface area contributed by atoms with Crippen LogP contribution >= 0.6 is 12.4 Å². The maximum Gasteiger partial charge on any atom is 0.251 e. The van der Waals surface area contributed by atoms with E-state index in [0.717, 1.165) is 12.0 Å². The maximum absolute atomic E-state index is 12.0. The summed E-state index contributed by atoms with van der Waals surface area (Å²) in [4.78, 5) is 23.8. The van der Waals surface area contributed by atoms with E-state index in [1.54, 1.807) is 12.1 Å². The second kappa shape index (κ2) is 9.50. The van der Waals surface area contributed by atoms with Crippen molar-refractivity contribution in [2.75, 3.05) is 13.1 Å². The van der Waals surface area contributed by atoms with Crippen molar-refractivity contribution in [3.63, 3.8) is 0 Å². The van der Waals surface area contributed by atoms with E-state index in [4.69, 9.17) is 10.5 Å². The lowest BCUT2D eigenvalue weighted by molar-refractivity contribution is -0.132. The van der Waals surface area contributed by atoms with Crippen LogP contribution in [-0.4, -0.2) is 37.1 Å². The third kappa shape index (κ3) is 5.49. The first kappa shape index (κ1) is 19.4. The van der Waals surface area contributed by atoms with Crippen LogP contribution in [0.4, 0.5) is 0 Å². The van der Waals surface area contributed by atoms with Crippen LogP contribution in [0.3, 0.4) is 0 Å². The van der Waals surface area contributed by atoms with Gasteiger partial charge in [0.1, 0.15) is 6.10 Å². The van der Waals surface area contributed by atoms with Crippen molar-refractivity contribution in [3.05, 3.63) is 35.4 Å². The summed E-state index contributed by atoms with van der Waals surface area (Å²) < 4.78 is 5.55. The van der Waals surface area contributed by atoms with Crippen molar-refractivity contribution >= 4 is 24.2 Å². The topological polar surface area (TPSA) is 93.5 Å². The Morgan fingerprint density at radius 3 is 2.74 bits per heavy atom. The summed E-state index contributed by atoms with van der Waals surface area (Å²) >= 11 is 0. The number of carbonyl (C=O) groups is 2. The summed E-state index contributed by atoms with van der Waals surface area (Å²) in [6.45, 7) is 3.27. The van der Waals surface area contributed by atoms with Crippen LogP contribution < -0.4 is 16.4 Å². The molecule has 1 aliphatic rings. The van der Waals surface area contributed by atoms with Gasteiger partial charge in [0.2, 0.25) is 5.91 Å². The van der Waals surface area contributed by atoms with Gasteiger partial charge in [0.05, 0.1) is 6.10 Å². The fourth-order valence-electron chi connectivity index (χ4n) is 2.46. The standard InChI is InChI=1S/C16H23N3O3.ClH/c1-2-18-15(20)12-5-3-4-11(8-12)10-19-16(21)14-7-6-13(9-17)22-14;/h3-5,8,13-14H,2,6-7,9-10,17H2,1H3,(H,18,20)(H,19,21);1H/t13-,14+;/m1./s1. The molecule has 1 heterocycles. The molecule has 0 bridgehead atoms. The van der Waals surface area contributed by atoms with E-state index in [0.29, 0.717) is 31.6 Å². The van der Waals surface area contributed by atoms with Crippen molar-refractivity contribution in [2.24, 2.45) is 5.73 Å². The van der Waals surface area contributed by atoms with Gasteiger partial charge in [0.25, 0.3) is 5.91 Å². The number of halogens is 1. The van der Waals surface area contributed by atoms with E-state index in [-0.39, 0.29) is 30.3 Å². The Kier molecular flexibility index (Phi) is 8.02. The van der Waals surface area contributed by atoms with Gasteiger partial charge in [0, 0.05) is 25.2 Å². The molecule has 2 amide bonds. The lowest BCUT2D eigenvalue weighted by Gasteiger charge is -2.13. The fourth-order valence-corrected chi connectivity index (χ4v) is 2.46. The molecule has 1 aromatic rings. The molecule has 0 aliphatic carbocycles. The molecule has 1 saturated heterocycles. The highest BCUT2D eigenvalue weighted by Gasteiger charge is 2.29. The average Bonchev–Trinajstić information content (AvgIpc) is 3.02. The summed E-state index contributed by atoms with van der Waals surface area (Å²) in [6, 6.07) is 7.22. The Bertz CT molecular complexity index is 539. The molecule has 0 saturated carbocycles. The average molecular weight is 342 g/mol. The third-order valence-electron chi connectivity index (χ3n) is 3.66. The molecule has 128 valence electrons. The van der Waals surface area contributed by atoms with Gasteiger partial charge in [-0.15, -0.1) is 12.4 Å². The number of hydrogen-bond donors (Lipinski definition) is 3. The number of amides is 2. The zero-order valence-electron chi connectivity index (χ0n) is 13.2. The van der Waals surface area contributed by atoms with Crippen LogP contribution in [0.2, 0.25) is 0 Å². The predicted octanol–water partition coefficient (Wildman–Crippen LogP) is 0.981. The SMILES string of the molecule is CCNC(=O)c1cccc(CNC(=O)[C@@H]2CC[C@H](CN)O2)c1.Cl. The van der Waals surface area contributed by atoms with E-state index in [2.05, 4.69) is 10.6 Å². The van der Waals surface area contributed by atoms with E-state index < -0.39 is 6.10 Å². The Labute approximate surface area is 142 Å². The van der Waals surface area contributed by atoms with Crippen LogP contribution in [-0.2, 0) is 16.1 Å². The van der Waals surface area contributed by atoms with E-state index in [1.165, 1.54) is 0 Å². The van der Waals surface area contributed by atoms with Crippen LogP contribution in [0, 0.1) is 0 Å². The minimum atomic E-state index is -0.417. The molecule has 7 heteroatoms. The Morgan fingerprint density at radius 1 is 1.30 bits per heavy atom. The first-order chi connectivity index (χ1) is 10.6. The van der Waals surface area contributed by atoms with Gasteiger partial charge in [-0.2, -0.15) is 0 Å². The van der Waals surface area contributed by atoms with Crippen LogP contribution in [0.15, 0.2) is 24.3 Å².